The van der Waals surface area contributed by atoms with Crippen molar-refractivity contribution in [2.24, 2.45) is 5.73 Å². The van der Waals surface area contributed by atoms with Gasteiger partial charge in [0.25, 0.3) is 0 Å². The third-order valence-corrected chi connectivity index (χ3v) is 2.94. The fourth-order valence-corrected chi connectivity index (χ4v) is 1.77. The highest BCUT2D eigenvalue weighted by Crippen LogP contribution is 2.15. The van der Waals surface area contributed by atoms with Gasteiger partial charge in [-0.3, -0.25) is 4.79 Å². The third-order valence-electron chi connectivity index (χ3n) is 2.68. The molecule has 0 aliphatic heterocycles. The number of benzene rings is 1. The molecule has 0 fully saturated rings. The Morgan fingerprint density at radius 2 is 1.94 bits per heavy atom. The monoisotopic (exact) mass is 239 g/mol. The minimum Gasteiger partial charge on any atom is -0.319 e. The van der Waals surface area contributed by atoms with E-state index < -0.39 is 5.54 Å². The number of halogens is 1. The van der Waals surface area contributed by atoms with Crippen LogP contribution in [0.5, 0.6) is 0 Å². The Balaban J connectivity index is 2.67. The first-order valence-corrected chi connectivity index (χ1v) is 5.90. The summed E-state index contributed by atoms with van der Waals surface area (Å²) in [7, 11) is 0. The van der Waals surface area contributed by atoms with Crippen LogP contribution in [-0.2, 0) is 11.2 Å². The van der Waals surface area contributed by atoms with E-state index in [1.54, 1.807) is 19.1 Å². The van der Waals surface area contributed by atoms with Crippen molar-refractivity contribution in [3.8, 4) is 0 Å². The van der Waals surface area contributed by atoms with Crippen LogP contribution >= 0.6 is 11.6 Å². The average Bonchev–Trinajstić information content (AvgIpc) is 2.21. The topological polar surface area (TPSA) is 43.1 Å². The van der Waals surface area contributed by atoms with Crippen LogP contribution in [0.3, 0.4) is 0 Å². The summed E-state index contributed by atoms with van der Waals surface area (Å²) >= 11 is 5.78. The second-order valence-corrected chi connectivity index (χ2v) is 4.83. The van der Waals surface area contributed by atoms with Crippen molar-refractivity contribution >= 4 is 17.4 Å². The summed E-state index contributed by atoms with van der Waals surface area (Å²) in [6.07, 6.45) is 2.02. The van der Waals surface area contributed by atoms with Crippen LogP contribution in [0, 0.1) is 0 Å². The molecule has 2 N–H and O–H groups in total. The van der Waals surface area contributed by atoms with Gasteiger partial charge in [-0.2, -0.15) is 0 Å². The van der Waals surface area contributed by atoms with Gasteiger partial charge < -0.3 is 5.73 Å². The van der Waals surface area contributed by atoms with Crippen LogP contribution in [0.1, 0.15) is 32.3 Å². The minimum atomic E-state index is -0.714. The van der Waals surface area contributed by atoms with Gasteiger partial charge in [0, 0.05) is 11.4 Å². The van der Waals surface area contributed by atoms with E-state index in [4.69, 9.17) is 17.3 Å². The molecule has 16 heavy (non-hydrogen) atoms. The number of Topliss-reactive ketones (excluding diaryl/α,β-unsaturated/α-hetero) is 1. The predicted molar refractivity (Wildman–Crippen MR) is 67.7 cm³/mol. The van der Waals surface area contributed by atoms with E-state index in [0.717, 1.165) is 18.4 Å². The van der Waals surface area contributed by atoms with E-state index >= 15 is 0 Å². The van der Waals surface area contributed by atoms with Crippen LogP contribution in [-0.4, -0.2) is 11.3 Å². The lowest BCUT2D eigenvalue weighted by atomic mass is 9.89. The Morgan fingerprint density at radius 1 is 1.38 bits per heavy atom. The average molecular weight is 240 g/mol. The Kier molecular flexibility index (Phi) is 4.51. The van der Waals surface area contributed by atoms with Crippen molar-refractivity contribution < 1.29 is 4.79 Å². The number of hydrogen-bond acceptors (Lipinski definition) is 2. The van der Waals surface area contributed by atoms with Gasteiger partial charge in [0.1, 0.15) is 0 Å². The molecule has 1 atom stereocenters. The largest absolute Gasteiger partial charge is 0.319 e. The third kappa shape index (κ3) is 3.62. The lowest BCUT2D eigenvalue weighted by molar-refractivity contribution is -0.123. The van der Waals surface area contributed by atoms with Gasteiger partial charge in [-0.15, -0.1) is 0 Å². The summed E-state index contributed by atoms with van der Waals surface area (Å²) in [5.74, 6) is 0.0803. The first kappa shape index (κ1) is 13.2. The standard InChI is InChI=1S/C13H18ClNO/c1-3-8-13(2,15)12(16)9-10-4-6-11(14)7-5-10/h4-7H,3,8-9,15H2,1-2H3. The minimum absolute atomic E-state index is 0.0803. The summed E-state index contributed by atoms with van der Waals surface area (Å²) in [5.41, 5.74) is 6.22. The normalized spacial score (nSPS) is 14.5. The van der Waals surface area contributed by atoms with E-state index in [0.29, 0.717) is 11.4 Å². The Labute approximate surface area is 102 Å². The van der Waals surface area contributed by atoms with Crippen molar-refractivity contribution in [3.05, 3.63) is 34.9 Å². The number of nitrogens with two attached hydrogens (primary N) is 1. The summed E-state index contributed by atoms with van der Waals surface area (Å²) in [4.78, 5) is 12.0. The molecule has 0 aliphatic carbocycles. The predicted octanol–water partition coefficient (Wildman–Crippen LogP) is 2.97. The van der Waals surface area contributed by atoms with Crippen molar-refractivity contribution in [3.63, 3.8) is 0 Å². The Morgan fingerprint density at radius 3 is 2.44 bits per heavy atom. The van der Waals surface area contributed by atoms with Crippen LogP contribution in [0.25, 0.3) is 0 Å². The molecule has 1 unspecified atom stereocenters. The molecule has 0 spiro atoms. The van der Waals surface area contributed by atoms with Gasteiger partial charge in [-0.05, 0) is 31.0 Å². The number of hydrogen-bond donors (Lipinski definition) is 1. The fraction of sp³-hybridized carbons (Fsp3) is 0.462. The smallest absolute Gasteiger partial charge is 0.156 e. The Bertz CT molecular complexity index is 357. The zero-order valence-corrected chi connectivity index (χ0v) is 10.6. The number of carbonyl (C=O) groups excluding carboxylic acids is 1. The van der Waals surface area contributed by atoms with E-state index in [2.05, 4.69) is 0 Å². The second-order valence-electron chi connectivity index (χ2n) is 4.39. The lowest BCUT2D eigenvalue weighted by Gasteiger charge is -2.22. The quantitative estimate of drug-likeness (QED) is 0.859. The van der Waals surface area contributed by atoms with Crippen molar-refractivity contribution in [2.75, 3.05) is 0 Å². The summed E-state index contributed by atoms with van der Waals surface area (Å²) in [6.45, 7) is 3.83. The molecule has 0 aliphatic rings. The van der Waals surface area contributed by atoms with Gasteiger partial charge in [0.05, 0.1) is 5.54 Å². The molecule has 0 bridgehead atoms. The summed E-state index contributed by atoms with van der Waals surface area (Å²) < 4.78 is 0. The SMILES string of the molecule is CCCC(C)(N)C(=O)Cc1ccc(Cl)cc1. The summed E-state index contributed by atoms with van der Waals surface area (Å²) in [5, 5.41) is 0.681. The van der Waals surface area contributed by atoms with Crippen molar-refractivity contribution in [1.29, 1.82) is 0 Å². The molecular formula is C13H18ClNO. The zero-order chi connectivity index (χ0) is 12.2. The second kappa shape index (κ2) is 5.46. The van der Waals surface area contributed by atoms with Crippen LogP contribution < -0.4 is 5.73 Å². The van der Waals surface area contributed by atoms with Crippen molar-refractivity contribution in [2.45, 2.75) is 38.6 Å². The molecule has 0 amide bonds. The molecule has 0 heterocycles. The van der Waals surface area contributed by atoms with Gasteiger partial charge >= 0.3 is 0 Å². The van der Waals surface area contributed by atoms with Crippen molar-refractivity contribution in [1.82, 2.24) is 0 Å². The van der Waals surface area contributed by atoms with E-state index in [-0.39, 0.29) is 5.78 Å². The van der Waals surface area contributed by atoms with E-state index in [9.17, 15) is 4.79 Å². The maximum atomic E-state index is 12.0. The first-order valence-electron chi connectivity index (χ1n) is 5.52. The summed E-state index contributed by atoms with van der Waals surface area (Å²) in [6, 6.07) is 7.31. The maximum Gasteiger partial charge on any atom is 0.156 e. The van der Waals surface area contributed by atoms with Gasteiger partial charge in [0.15, 0.2) is 5.78 Å². The molecule has 88 valence electrons. The number of carbonyl (C=O) groups is 1. The van der Waals surface area contributed by atoms with Gasteiger partial charge in [0.2, 0.25) is 0 Å². The van der Waals surface area contributed by atoms with Crippen LogP contribution in [0.15, 0.2) is 24.3 Å². The molecule has 0 radical (unpaired) electrons. The molecule has 0 saturated carbocycles. The van der Waals surface area contributed by atoms with Gasteiger partial charge in [-0.25, -0.2) is 0 Å². The van der Waals surface area contributed by atoms with E-state index in [1.165, 1.54) is 0 Å². The highest BCUT2D eigenvalue weighted by molar-refractivity contribution is 6.30. The highest BCUT2D eigenvalue weighted by Gasteiger charge is 2.26. The first-order chi connectivity index (χ1) is 7.45. The molecule has 1 rings (SSSR count). The molecule has 1 aromatic carbocycles. The maximum absolute atomic E-state index is 12.0. The Hall–Kier alpha value is -0.860. The highest BCUT2D eigenvalue weighted by atomic mass is 35.5. The van der Waals surface area contributed by atoms with Crippen LogP contribution in [0.4, 0.5) is 0 Å². The molecule has 2 nitrogen and oxygen atoms in total. The molecule has 1 aromatic rings. The van der Waals surface area contributed by atoms with Crippen LogP contribution in [0.2, 0.25) is 5.02 Å². The number of ketones is 1. The molecular weight excluding hydrogens is 222 g/mol. The number of rotatable bonds is 5. The molecule has 3 heteroatoms. The molecule has 0 saturated heterocycles. The fourth-order valence-electron chi connectivity index (χ4n) is 1.65. The molecule has 0 aromatic heterocycles. The lowest BCUT2D eigenvalue weighted by Crippen LogP contribution is -2.45. The van der Waals surface area contributed by atoms with E-state index in [1.807, 2.05) is 19.1 Å². The zero-order valence-electron chi connectivity index (χ0n) is 9.79. The van der Waals surface area contributed by atoms with Gasteiger partial charge in [-0.1, -0.05) is 37.1 Å².